The molecule has 5 heteroatoms. The third kappa shape index (κ3) is 1.64. The van der Waals surface area contributed by atoms with Crippen LogP contribution in [0.1, 0.15) is 42.0 Å². The van der Waals surface area contributed by atoms with Gasteiger partial charge in [-0.05, 0) is 44.2 Å². The van der Waals surface area contributed by atoms with E-state index in [-0.39, 0.29) is 17.6 Å². The summed E-state index contributed by atoms with van der Waals surface area (Å²) in [6, 6.07) is 3.35. The molecule has 2 atom stereocenters. The van der Waals surface area contributed by atoms with Crippen LogP contribution in [-0.4, -0.2) is 28.0 Å². The summed E-state index contributed by atoms with van der Waals surface area (Å²) >= 11 is 0. The summed E-state index contributed by atoms with van der Waals surface area (Å²) in [6.45, 7) is -0.325. The van der Waals surface area contributed by atoms with Gasteiger partial charge in [-0.3, -0.25) is 9.36 Å². The minimum atomic E-state index is -2.65. The second-order valence-corrected chi connectivity index (χ2v) is 5.30. The first-order valence-electron chi connectivity index (χ1n) is 6.35. The van der Waals surface area contributed by atoms with Crippen molar-refractivity contribution in [3.05, 3.63) is 23.5 Å². The molecule has 1 saturated carbocycles. The highest BCUT2D eigenvalue weighted by molar-refractivity contribution is 5.93. The Balaban J connectivity index is 1.89. The van der Waals surface area contributed by atoms with Gasteiger partial charge < -0.3 is 4.90 Å². The van der Waals surface area contributed by atoms with Gasteiger partial charge >= 0.3 is 6.55 Å². The summed E-state index contributed by atoms with van der Waals surface area (Å²) in [7, 11) is 0. The highest BCUT2D eigenvalue weighted by atomic mass is 19.3. The summed E-state index contributed by atoms with van der Waals surface area (Å²) in [5.41, 5.74) is 0.549. The third-order valence-electron chi connectivity index (χ3n) is 4.21. The first kappa shape index (κ1) is 11.7. The molecule has 2 bridgehead atoms. The molecule has 1 aliphatic carbocycles. The second-order valence-electron chi connectivity index (χ2n) is 5.30. The van der Waals surface area contributed by atoms with Crippen LogP contribution < -0.4 is 0 Å². The number of carbonyl (C=O) groups excluding carboxylic acids is 1. The third-order valence-corrected chi connectivity index (χ3v) is 4.21. The summed E-state index contributed by atoms with van der Waals surface area (Å²) in [5, 5.41) is 0. The zero-order valence-corrected chi connectivity index (χ0v) is 10.3. The maximum atomic E-state index is 12.9. The number of hydrogen-bond donors (Lipinski definition) is 0. The maximum absolute atomic E-state index is 12.9. The van der Waals surface area contributed by atoms with E-state index >= 15 is 0 Å². The van der Waals surface area contributed by atoms with Crippen molar-refractivity contribution in [1.82, 2.24) is 9.47 Å². The molecule has 2 heterocycles. The van der Waals surface area contributed by atoms with Crippen molar-refractivity contribution in [3.8, 4) is 0 Å². The van der Waals surface area contributed by atoms with Crippen molar-refractivity contribution >= 4 is 5.91 Å². The van der Waals surface area contributed by atoms with Gasteiger partial charge in [0.1, 0.15) is 5.69 Å². The van der Waals surface area contributed by atoms with Gasteiger partial charge in [-0.15, -0.1) is 0 Å². The van der Waals surface area contributed by atoms with Crippen LogP contribution in [0.2, 0.25) is 0 Å². The molecule has 1 aliphatic heterocycles. The topological polar surface area (TPSA) is 25.2 Å². The van der Waals surface area contributed by atoms with Gasteiger partial charge in [-0.1, -0.05) is 0 Å². The highest BCUT2D eigenvalue weighted by Crippen LogP contribution is 2.38. The zero-order chi connectivity index (χ0) is 12.9. The predicted molar refractivity (Wildman–Crippen MR) is 62.6 cm³/mol. The molecule has 1 amide bonds. The van der Waals surface area contributed by atoms with Crippen LogP contribution in [0.25, 0.3) is 0 Å². The van der Waals surface area contributed by atoms with Crippen LogP contribution in [0.3, 0.4) is 0 Å². The van der Waals surface area contributed by atoms with Crippen molar-refractivity contribution < 1.29 is 13.6 Å². The van der Waals surface area contributed by atoms with Gasteiger partial charge in [0.25, 0.3) is 5.91 Å². The lowest BCUT2D eigenvalue weighted by Crippen LogP contribution is -2.38. The molecule has 0 radical (unpaired) electrons. The molecule has 0 unspecified atom stereocenters. The molecule has 18 heavy (non-hydrogen) atoms. The Kier molecular flexibility index (Phi) is 2.64. The quantitative estimate of drug-likeness (QED) is 0.796. The van der Waals surface area contributed by atoms with Crippen LogP contribution in [0.5, 0.6) is 0 Å². The molecule has 2 fully saturated rings. The van der Waals surface area contributed by atoms with Gasteiger partial charge in [-0.2, -0.15) is 8.78 Å². The minimum absolute atomic E-state index is 0.120. The van der Waals surface area contributed by atoms with E-state index in [4.69, 9.17) is 0 Å². The van der Waals surface area contributed by atoms with Crippen LogP contribution >= 0.6 is 0 Å². The molecule has 0 N–H and O–H groups in total. The number of likely N-dealkylation sites (tertiary alicyclic amines) is 1. The monoisotopic (exact) mass is 254 g/mol. The molecule has 1 saturated heterocycles. The van der Waals surface area contributed by atoms with E-state index in [0.29, 0.717) is 11.6 Å². The Morgan fingerprint density at radius 3 is 2.72 bits per heavy atom. The molecule has 98 valence electrons. The van der Waals surface area contributed by atoms with E-state index in [1.807, 2.05) is 0 Å². The summed E-state index contributed by atoms with van der Waals surface area (Å²) < 4.78 is 26.7. The van der Waals surface area contributed by atoms with E-state index in [1.54, 1.807) is 17.9 Å². The number of rotatable bonds is 2. The lowest BCUT2D eigenvalue weighted by Gasteiger charge is -2.27. The number of hydrogen-bond acceptors (Lipinski definition) is 1. The lowest BCUT2D eigenvalue weighted by atomic mass is 10.1. The fraction of sp³-hybridized carbons (Fsp3) is 0.615. The number of carbonyl (C=O) groups is 1. The Morgan fingerprint density at radius 1 is 1.39 bits per heavy atom. The second kappa shape index (κ2) is 4.07. The van der Waals surface area contributed by atoms with E-state index in [2.05, 4.69) is 0 Å². The molecule has 1 aromatic rings. The molecule has 0 spiro atoms. The minimum Gasteiger partial charge on any atom is -0.334 e. The largest absolute Gasteiger partial charge is 0.334 e. The van der Waals surface area contributed by atoms with E-state index < -0.39 is 6.55 Å². The number of piperidine rings is 1. The van der Waals surface area contributed by atoms with Crippen molar-refractivity contribution in [1.29, 1.82) is 0 Å². The fourth-order valence-electron chi connectivity index (χ4n) is 3.30. The molecule has 0 aromatic carbocycles. The van der Waals surface area contributed by atoms with Crippen molar-refractivity contribution in [2.24, 2.45) is 5.92 Å². The number of alkyl halides is 2. The average molecular weight is 254 g/mol. The number of fused-ring (bicyclic) bond motifs is 2. The normalized spacial score (nSPS) is 26.3. The smallest absolute Gasteiger partial charge is 0.319 e. The number of halogens is 2. The Bertz CT molecular complexity index is 483. The molecule has 1 aromatic heterocycles. The van der Waals surface area contributed by atoms with Gasteiger partial charge in [-0.25, -0.2) is 0 Å². The number of nitrogens with zero attached hydrogens (tertiary/aromatic N) is 2. The van der Waals surface area contributed by atoms with E-state index in [1.165, 1.54) is 12.5 Å². The van der Waals surface area contributed by atoms with Gasteiger partial charge in [0.15, 0.2) is 0 Å². The van der Waals surface area contributed by atoms with Crippen LogP contribution in [0, 0.1) is 12.8 Å². The molecular formula is C13H16F2N2O. The standard InChI is InChI=1S/C13H16F2N2O/c1-8-2-5-11(17(8)13(14)15)12(18)16-7-9-3-4-10(16)6-9/h2,5,9-10,13H,3-4,6-7H2,1H3/t9-,10-/m0/s1. The van der Waals surface area contributed by atoms with Crippen LogP contribution in [0.4, 0.5) is 8.78 Å². The van der Waals surface area contributed by atoms with Gasteiger partial charge in [0.05, 0.1) is 0 Å². The Labute approximate surface area is 104 Å². The highest BCUT2D eigenvalue weighted by Gasteiger charge is 2.41. The van der Waals surface area contributed by atoms with Crippen molar-refractivity contribution in [2.45, 2.75) is 38.8 Å². The molecule has 3 nitrogen and oxygen atoms in total. The van der Waals surface area contributed by atoms with Crippen LogP contribution in [0.15, 0.2) is 12.1 Å². The zero-order valence-electron chi connectivity index (χ0n) is 10.3. The van der Waals surface area contributed by atoms with E-state index in [0.717, 1.165) is 24.0 Å². The fourth-order valence-corrected chi connectivity index (χ4v) is 3.30. The maximum Gasteiger partial charge on any atom is 0.319 e. The Hall–Kier alpha value is -1.39. The first-order chi connectivity index (χ1) is 8.58. The summed E-state index contributed by atoms with van der Waals surface area (Å²) in [6.07, 6.45) is 3.23. The van der Waals surface area contributed by atoms with Gasteiger partial charge in [0, 0.05) is 18.3 Å². The van der Waals surface area contributed by atoms with Crippen molar-refractivity contribution in [3.63, 3.8) is 0 Å². The number of aromatic nitrogens is 1. The average Bonchev–Trinajstić information content (AvgIpc) is 3.01. The molecular weight excluding hydrogens is 238 g/mol. The SMILES string of the molecule is Cc1ccc(C(=O)N2C[C@H]3CC[C@H]2C3)n1C(F)F. The lowest BCUT2D eigenvalue weighted by molar-refractivity contribution is 0.0527. The van der Waals surface area contributed by atoms with Crippen molar-refractivity contribution in [2.75, 3.05) is 6.54 Å². The van der Waals surface area contributed by atoms with Gasteiger partial charge in [0.2, 0.25) is 0 Å². The summed E-state index contributed by atoms with van der Waals surface area (Å²) in [4.78, 5) is 14.1. The summed E-state index contributed by atoms with van der Waals surface area (Å²) in [5.74, 6) is 0.339. The number of aryl methyl sites for hydroxylation is 1. The van der Waals surface area contributed by atoms with E-state index in [9.17, 15) is 13.6 Å². The number of amides is 1. The molecule has 2 aliphatic rings. The molecule has 3 rings (SSSR count). The van der Waals surface area contributed by atoms with Crippen LogP contribution in [-0.2, 0) is 0 Å². The Morgan fingerprint density at radius 2 is 2.17 bits per heavy atom. The first-order valence-corrected chi connectivity index (χ1v) is 6.35. The predicted octanol–water partition coefficient (Wildman–Crippen LogP) is 2.82.